The van der Waals surface area contributed by atoms with Crippen molar-refractivity contribution in [2.24, 2.45) is 5.92 Å². The zero-order chi connectivity index (χ0) is 26.0. The van der Waals surface area contributed by atoms with Gasteiger partial charge in [0.2, 0.25) is 0 Å². The van der Waals surface area contributed by atoms with E-state index in [1.807, 2.05) is 25.1 Å². The molecule has 0 radical (unpaired) electrons. The minimum Gasteiger partial charge on any atom is -0.480 e. The Labute approximate surface area is 224 Å². The number of ether oxygens (including phenoxy) is 2. The summed E-state index contributed by atoms with van der Waals surface area (Å²) in [6.45, 7) is 5.54. The maximum absolute atomic E-state index is 13.8. The smallest absolute Gasteiger partial charge is 0.341 e. The second-order valence-corrected chi connectivity index (χ2v) is 10.1. The Balaban J connectivity index is 1.84. The van der Waals surface area contributed by atoms with Crippen LogP contribution in [0, 0.1) is 11.7 Å². The predicted molar refractivity (Wildman–Crippen MR) is 140 cm³/mol. The average molecular weight is 550 g/mol. The summed E-state index contributed by atoms with van der Waals surface area (Å²) in [5, 5.41) is 10.3. The molecule has 1 N–H and O–H groups in total. The van der Waals surface area contributed by atoms with Crippen LogP contribution >= 0.6 is 34.8 Å². The van der Waals surface area contributed by atoms with E-state index in [1.165, 1.54) is 18.2 Å². The fourth-order valence-corrected chi connectivity index (χ4v) is 5.47. The number of carbonyl (C=O) groups is 1. The zero-order valence-corrected chi connectivity index (χ0v) is 21.7. The fourth-order valence-electron chi connectivity index (χ4n) is 4.71. The van der Waals surface area contributed by atoms with Gasteiger partial charge in [-0.1, -0.05) is 71.2 Å². The molecule has 188 valence electrons. The lowest BCUT2D eigenvalue weighted by Gasteiger charge is -2.43. The molecule has 0 unspecified atom stereocenters. The van der Waals surface area contributed by atoms with E-state index < -0.39 is 24.8 Å². The van der Waals surface area contributed by atoms with Gasteiger partial charge in [0.25, 0.3) is 0 Å². The lowest BCUT2D eigenvalue weighted by Crippen LogP contribution is -2.32. The largest absolute Gasteiger partial charge is 0.480 e. The monoisotopic (exact) mass is 548 g/mol. The molecule has 0 spiro atoms. The maximum Gasteiger partial charge on any atom is 0.341 e. The Bertz CT molecular complexity index is 1280. The van der Waals surface area contributed by atoms with Crippen molar-refractivity contribution in [2.45, 2.75) is 31.5 Å². The molecule has 1 fully saturated rings. The molecule has 1 saturated heterocycles. The molecule has 0 saturated carbocycles. The zero-order valence-electron chi connectivity index (χ0n) is 19.4. The van der Waals surface area contributed by atoms with Crippen LogP contribution in [0.2, 0.25) is 15.1 Å². The molecular formula is C28H24Cl3FO4. The lowest BCUT2D eigenvalue weighted by molar-refractivity contribution is -0.139. The highest BCUT2D eigenvalue weighted by Gasteiger charge is 2.42. The van der Waals surface area contributed by atoms with Crippen molar-refractivity contribution in [3.8, 4) is 5.75 Å². The van der Waals surface area contributed by atoms with Gasteiger partial charge < -0.3 is 14.6 Å². The van der Waals surface area contributed by atoms with Crippen LogP contribution in [0.1, 0.15) is 48.2 Å². The molecule has 0 aliphatic carbocycles. The number of carboxylic acids is 1. The second kappa shape index (κ2) is 11.2. The van der Waals surface area contributed by atoms with Gasteiger partial charge in [0.15, 0.2) is 6.61 Å². The molecule has 0 amide bonds. The molecule has 0 aromatic heterocycles. The summed E-state index contributed by atoms with van der Waals surface area (Å²) in [7, 11) is 0. The van der Waals surface area contributed by atoms with Crippen LogP contribution < -0.4 is 4.74 Å². The molecule has 4 rings (SSSR count). The van der Waals surface area contributed by atoms with Crippen molar-refractivity contribution in [1.29, 1.82) is 0 Å². The molecule has 4 atom stereocenters. The van der Waals surface area contributed by atoms with Gasteiger partial charge in [-0.15, -0.1) is 0 Å². The van der Waals surface area contributed by atoms with Crippen LogP contribution in [0.4, 0.5) is 4.39 Å². The number of halogens is 4. The van der Waals surface area contributed by atoms with Gasteiger partial charge >= 0.3 is 5.97 Å². The molecule has 0 bridgehead atoms. The summed E-state index contributed by atoms with van der Waals surface area (Å²) in [6, 6.07) is 16.9. The molecule has 3 aromatic rings. The Morgan fingerprint density at radius 3 is 2.42 bits per heavy atom. The van der Waals surface area contributed by atoms with Crippen LogP contribution in [0.5, 0.6) is 5.75 Å². The highest BCUT2D eigenvalue weighted by Crippen LogP contribution is 2.54. The molecule has 1 heterocycles. The predicted octanol–water partition coefficient (Wildman–Crippen LogP) is 8.43. The van der Waals surface area contributed by atoms with Gasteiger partial charge in [0, 0.05) is 27.4 Å². The van der Waals surface area contributed by atoms with E-state index in [2.05, 4.69) is 6.58 Å². The first-order valence-corrected chi connectivity index (χ1v) is 12.4. The molecule has 36 heavy (non-hydrogen) atoms. The summed E-state index contributed by atoms with van der Waals surface area (Å²) < 4.78 is 26.1. The van der Waals surface area contributed by atoms with Gasteiger partial charge in [-0.25, -0.2) is 9.18 Å². The van der Waals surface area contributed by atoms with E-state index in [0.29, 0.717) is 22.0 Å². The number of carboxylic acid groups (broad SMARTS) is 1. The third kappa shape index (κ3) is 5.87. The summed E-state index contributed by atoms with van der Waals surface area (Å²) in [5.41, 5.74) is 3.16. The van der Waals surface area contributed by atoms with Gasteiger partial charge in [-0.05, 0) is 60.9 Å². The molecule has 4 nitrogen and oxygen atoms in total. The first-order chi connectivity index (χ1) is 17.1. The third-order valence-electron chi connectivity index (χ3n) is 6.32. The number of hydrogen-bond acceptors (Lipinski definition) is 3. The van der Waals surface area contributed by atoms with Gasteiger partial charge in [-0.3, -0.25) is 0 Å². The Hall–Kier alpha value is -2.57. The van der Waals surface area contributed by atoms with Crippen molar-refractivity contribution in [1.82, 2.24) is 0 Å². The first-order valence-electron chi connectivity index (χ1n) is 11.3. The number of benzene rings is 3. The minimum absolute atomic E-state index is 0.120. The summed E-state index contributed by atoms with van der Waals surface area (Å²) in [5.74, 6) is -1.61. The van der Waals surface area contributed by atoms with Crippen molar-refractivity contribution >= 4 is 40.8 Å². The van der Waals surface area contributed by atoms with Crippen LogP contribution in [0.25, 0.3) is 0 Å². The van der Waals surface area contributed by atoms with Crippen LogP contribution in [0.3, 0.4) is 0 Å². The van der Waals surface area contributed by atoms with Crippen molar-refractivity contribution < 1.29 is 23.8 Å². The number of rotatable bonds is 7. The second-order valence-electron chi connectivity index (χ2n) is 8.87. The van der Waals surface area contributed by atoms with E-state index in [4.69, 9.17) is 44.3 Å². The van der Waals surface area contributed by atoms with E-state index in [1.54, 1.807) is 24.3 Å². The van der Waals surface area contributed by atoms with E-state index in [-0.39, 0.29) is 28.4 Å². The van der Waals surface area contributed by atoms with E-state index >= 15 is 0 Å². The molecule has 1 aliphatic heterocycles. The number of hydrogen-bond donors (Lipinski definition) is 1. The summed E-state index contributed by atoms with van der Waals surface area (Å²) in [6.07, 6.45) is -0.451. The van der Waals surface area contributed by atoms with Crippen molar-refractivity contribution in [2.75, 3.05) is 6.61 Å². The molecule has 3 aromatic carbocycles. The SMILES string of the molecule is C=C(C)[C@H]1C[C@H](c2cccc(Cl)c2)[C@H](c2ccc(F)cc2)O[C@@H]1c1cc(Cl)cc(Cl)c1OCC(=O)O. The minimum atomic E-state index is -1.14. The maximum atomic E-state index is 13.8. The number of aliphatic carboxylic acids is 1. The lowest BCUT2D eigenvalue weighted by atomic mass is 9.74. The standard InChI is InChI=1S/C28H24Cl3FO4/c1-15(2)21-13-22(17-4-3-5-18(29)10-17)26(16-6-8-20(32)9-7-16)36-27(21)23-11-19(30)12-24(31)28(23)35-14-25(33)34/h3-12,21-22,26-27H,1,13-14H2,2H3,(H,33,34)/t21-,22-,26+,27+/m1/s1. The topological polar surface area (TPSA) is 55.8 Å². The molecule has 1 aliphatic rings. The van der Waals surface area contributed by atoms with Crippen molar-refractivity contribution in [3.05, 3.63) is 110 Å². The summed E-state index contributed by atoms with van der Waals surface area (Å²) >= 11 is 19.1. The first kappa shape index (κ1) is 26.5. The van der Waals surface area contributed by atoms with Gasteiger partial charge in [0.05, 0.1) is 17.2 Å². The van der Waals surface area contributed by atoms with Crippen molar-refractivity contribution in [3.63, 3.8) is 0 Å². The third-order valence-corrected chi connectivity index (χ3v) is 7.06. The highest BCUT2D eigenvalue weighted by molar-refractivity contribution is 6.35. The normalized spacial score (nSPS) is 21.7. The van der Waals surface area contributed by atoms with E-state index in [0.717, 1.165) is 16.7 Å². The van der Waals surface area contributed by atoms with Gasteiger partial charge in [0.1, 0.15) is 11.6 Å². The average Bonchev–Trinajstić information content (AvgIpc) is 2.82. The quantitative estimate of drug-likeness (QED) is 0.301. The van der Waals surface area contributed by atoms with E-state index in [9.17, 15) is 14.3 Å². The Morgan fingerprint density at radius 2 is 1.78 bits per heavy atom. The van der Waals surface area contributed by atoms with Gasteiger partial charge in [-0.2, -0.15) is 0 Å². The Morgan fingerprint density at radius 1 is 1.06 bits per heavy atom. The molecule has 8 heteroatoms. The molecular weight excluding hydrogens is 526 g/mol. The van der Waals surface area contributed by atoms with Crippen LogP contribution in [-0.2, 0) is 9.53 Å². The Kier molecular flexibility index (Phi) is 8.26. The van der Waals surface area contributed by atoms with Crippen LogP contribution in [-0.4, -0.2) is 17.7 Å². The van der Waals surface area contributed by atoms with Crippen LogP contribution in [0.15, 0.2) is 72.8 Å². The highest BCUT2D eigenvalue weighted by atomic mass is 35.5. The summed E-state index contributed by atoms with van der Waals surface area (Å²) in [4.78, 5) is 11.2. The fraction of sp³-hybridized carbons (Fsp3) is 0.250.